The Hall–Kier alpha value is -0.930. The number of hydrogen-bond donors (Lipinski definition) is 2. The van der Waals surface area contributed by atoms with Gasteiger partial charge >= 0.3 is 0 Å². The standard InChI is InChI=1S/C21H29FO2/c1-20-9-7-14(24)11-13(20)3-4-15-16-5-6-18(19(22)12-23)21(16,2)10-8-17(15)20/h3,5-6,14-17,23-24H,4,7-12H2,1-2H3/b19-18-/t14-,15-,16-,17-,20-,21-/m0/s1. The van der Waals surface area contributed by atoms with Gasteiger partial charge in [0, 0.05) is 5.41 Å². The van der Waals surface area contributed by atoms with Crippen molar-refractivity contribution in [2.24, 2.45) is 28.6 Å². The van der Waals surface area contributed by atoms with Gasteiger partial charge < -0.3 is 10.2 Å². The van der Waals surface area contributed by atoms with Crippen molar-refractivity contribution in [1.29, 1.82) is 0 Å². The smallest absolute Gasteiger partial charge is 0.129 e. The Morgan fingerprint density at radius 1 is 1.25 bits per heavy atom. The van der Waals surface area contributed by atoms with Gasteiger partial charge in [-0.25, -0.2) is 4.39 Å². The SMILES string of the molecule is C[C@]12CC[C@H](O)CC1=CC[C@@H]1[C@@H]2CC[C@]2(C)/C(=C(\F)CO)C=C[C@@H]12. The highest BCUT2D eigenvalue weighted by Crippen LogP contribution is 2.64. The maximum absolute atomic E-state index is 14.2. The molecule has 0 bridgehead atoms. The molecule has 132 valence electrons. The van der Waals surface area contributed by atoms with Gasteiger partial charge in [-0.1, -0.05) is 37.6 Å². The molecule has 0 aromatic rings. The van der Waals surface area contributed by atoms with Gasteiger partial charge in [-0.15, -0.1) is 0 Å². The summed E-state index contributed by atoms with van der Waals surface area (Å²) in [7, 11) is 0. The molecular weight excluding hydrogens is 303 g/mol. The van der Waals surface area contributed by atoms with Crippen molar-refractivity contribution in [1.82, 2.24) is 0 Å². The minimum Gasteiger partial charge on any atom is -0.393 e. The van der Waals surface area contributed by atoms with Crippen molar-refractivity contribution in [3.05, 3.63) is 35.2 Å². The monoisotopic (exact) mass is 332 g/mol. The van der Waals surface area contributed by atoms with E-state index in [0.717, 1.165) is 44.1 Å². The average Bonchev–Trinajstić information content (AvgIpc) is 2.92. The number of aliphatic hydroxyl groups is 2. The Balaban J connectivity index is 1.69. The summed E-state index contributed by atoms with van der Waals surface area (Å²) in [5, 5.41) is 19.3. The fraction of sp³-hybridized carbons (Fsp3) is 0.714. The highest BCUT2D eigenvalue weighted by Gasteiger charge is 2.56. The molecule has 0 aromatic carbocycles. The van der Waals surface area contributed by atoms with Crippen molar-refractivity contribution in [3.8, 4) is 0 Å². The van der Waals surface area contributed by atoms with E-state index >= 15 is 0 Å². The second kappa shape index (κ2) is 5.54. The molecule has 2 N–H and O–H groups in total. The van der Waals surface area contributed by atoms with Crippen molar-refractivity contribution in [2.75, 3.05) is 6.61 Å². The van der Waals surface area contributed by atoms with Crippen LogP contribution < -0.4 is 0 Å². The number of allylic oxidation sites excluding steroid dienone is 4. The van der Waals surface area contributed by atoms with Crippen LogP contribution in [0.5, 0.6) is 0 Å². The molecule has 0 saturated heterocycles. The van der Waals surface area contributed by atoms with Gasteiger partial charge in [-0.3, -0.25) is 0 Å². The van der Waals surface area contributed by atoms with Crippen LogP contribution in [0.2, 0.25) is 0 Å². The zero-order chi connectivity index (χ0) is 17.1. The molecule has 0 aliphatic heterocycles. The maximum atomic E-state index is 14.2. The van der Waals surface area contributed by atoms with Gasteiger partial charge in [0.25, 0.3) is 0 Å². The molecule has 0 aromatic heterocycles. The summed E-state index contributed by atoms with van der Waals surface area (Å²) in [5.74, 6) is 1.19. The van der Waals surface area contributed by atoms with E-state index in [1.165, 1.54) is 5.57 Å². The number of fused-ring (bicyclic) bond motifs is 5. The Morgan fingerprint density at radius 3 is 2.75 bits per heavy atom. The van der Waals surface area contributed by atoms with Crippen LogP contribution in [-0.2, 0) is 0 Å². The van der Waals surface area contributed by atoms with Crippen LogP contribution in [0.15, 0.2) is 35.2 Å². The molecule has 0 heterocycles. The molecule has 24 heavy (non-hydrogen) atoms. The molecule has 0 unspecified atom stereocenters. The first-order valence-corrected chi connectivity index (χ1v) is 9.46. The summed E-state index contributed by atoms with van der Waals surface area (Å²) in [5.41, 5.74) is 2.24. The third kappa shape index (κ3) is 2.13. The van der Waals surface area contributed by atoms with E-state index in [2.05, 4.69) is 26.0 Å². The second-order valence-electron chi connectivity index (χ2n) is 8.87. The molecule has 3 heteroatoms. The van der Waals surface area contributed by atoms with Gasteiger partial charge in [-0.2, -0.15) is 0 Å². The largest absolute Gasteiger partial charge is 0.393 e. The molecule has 2 fully saturated rings. The average molecular weight is 332 g/mol. The zero-order valence-corrected chi connectivity index (χ0v) is 14.8. The first-order chi connectivity index (χ1) is 11.4. The first-order valence-electron chi connectivity index (χ1n) is 9.46. The van der Waals surface area contributed by atoms with Crippen LogP contribution >= 0.6 is 0 Å². The Kier molecular flexibility index (Phi) is 3.81. The van der Waals surface area contributed by atoms with Crippen LogP contribution in [0.3, 0.4) is 0 Å². The van der Waals surface area contributed by atoms with Gasteiger partial charge in [0.15, 0.2) is 0 Å². The Bertz CT molecular complexity index is 634. The van der Waals surface area contributed by atoms with Crippen molar-refractivity contribution >= 4 is 0 Å². The molecule has 2 nitrogen and oxygen atoms in total. The van der Waals surface area contributed by atoms with E-state index in [0.29, 0.717) is 17.8 Å². The highest BCUT2D eigenvalue weighted by atomic mass is 19.1. The second-order valence-corrected chi connectivity index (χ2v) is 8.87. The summed E-state index contributed by atoms with van der Waals surface area (Å²) in [6.45, 7) is 4.09. The molecule has 4 aliphatic rings. The lowest BCUT2D eigenvalue weighted by atomic mass is 9.47. The van der Waals surface area contributed by atoms with Gasteiger partial charge in [0.2, 0.25) is 0 Å². The summed E-state index contributed by atoms with van der Waals surface area (Å²) in [4.78, 5) is 0. The molecule has 6 atom stereocenters. The van der Waals surface area contributed by atoms with E-state index in [-0.39, 0.29) is 22.8 Å². The van der Waals surface area contributed by atoms with E-state index in [9.17, 15) is 14.6 Å². The predicted molar refractivity (Wildman–Crippen MR) is 92.8 cm³/mol. The van der Waals surface area contributed by atoms with E-state index < -0.39 is 6.61 Å². The maximum Gasteiger partial charge on any atom is 0.129 e. The van der Waals surface area contributed by atoms with Crippen LogP contribution in [0.1, 0.15) is 52.4 Å². The minimum atomic E-state index is -0.490. The number of hydrogen-bond acceptors (Lipinski definition) is 2. The fourth-order valence-electron chi connectivity index (χ4n) is 6.44. The minimum absolute atomic E-state index is 0.163. The first kappa shape index (κ1) is 16.5. The van der Waals surface area contributed by atoms with Crippen molar-refractivity contribution in [3.63, 3.8) is 0 Å². The Morgan fingerprint density at radius 2 is 2.00 bits per heavy atom. The fourth-order valence-corrected chi connectivity index (χ4v) is 6.44. The van der Waals surface area contributed by atoms with Gasteiger partial charge in [0.05, 0.1) is 12.7 Å². The summed E-state index contributed by atoms with van der Waals surface area (Å²) < 4.78 is 14.2. The van der Waals surface area contributed by atoms with Crippen molar-refractivity contribution < 1.29 is 14.6 Å². The van der Waals surface area contributed by atoms with Gasteiger partial charge in [0.1, 0.15) is 5.83 Å². The third-order valence-electron chi connectivity index (χ3n) is 7.85. The lowest BCUT2D eigenvalue weighted by molar-refractivity contribution is -0.0161. The quantitative estimate of drug-likeness (QED) is 0.703. The van der Waals surface area contributed by atoms with Crippen molar-refractivity contribution in [2.45, 2.75) is 58.5 Å². The lowest BCUT2D eigenvalue weighted by Crippen LogP contribution is -2.49. The summed E-state index contributed by atoms with van der Waals surface area (Å²) in [6.07, 6.45) is 12.3. The molecule has 0 spiro atoms. The topological polar surface area (TPSA) is 40.5 Å². The molecule has 0 radical (unpaired) electrons. The van der Waals surface area contributed by atoms with E-state index in [1.54, 1.807) is 0 Å². The molecule has 0 amide bonds. The van der Waals surface area contributed by atoms with E-state index in [4.69, 9.17) is 0 Å². The predicted octanol–water partition coefficient (Wildman–Crippen LogP) is 4.30. The summed E-state index contributed by atoms with van der Waals surface area (Å²) in [6, 6.07) is 0. The third-order valence-corrected chi connectivity index (χ3v) is 7.85. The number of halogens is 1. The summed E-state index contributed by atoms with van der Waals surface area (Å²) >= 11 is 0. The number of aliphatic hydroxyl groups excluding tert-OH is 2. The number of rotatable bonds is 1. The van der Waals surface area contributed by atoms with E-state index in [1.807, 2.05) is 6.08 Å². The molecular formula is C21H29FO2. The van der Waals surface area contributed by atoms with Gasteiger partial charge in [-0.05, 0) is 67.3 Å². The molecule has 4 rings (SSSR count). The highest BCUT2D eigenvalue weighted by molar-refractivity contribution is 5.40. The molecule has 4 aliphatic carbocycles. The van der Waals surface area contributed by atoms with Crippen LogP contribution in [-0.4, -0.2) is 22.9 Å². The van der Waals surface area contributed by atoms with Crippen LogP contribution in [0.25, 0.3) is 0 Å². The van der Waals surface area contributed by atoms with Crippen LogP contribution in [0.4, 0.5) is 4.39 Å². The molecule has 2 saturated carbocycles. The normalized spacial score (nSPS) is 49.1. The lowest BCUT2D eigenvalue weighted by Gasteiger charge is -2.57. The Labute approximate surface area is 144 Å². The zero-order valence-electron chi connectivity index (χ0n) is 14.8. The van der Waals surface area contributed by atoms with Crippen LogP contribution in [0, 0.1) is 28.6 Å².